The molecule has 2 saturated heterocycles. The summed E-state index contributed by atoms with van der Waals surface area (Å²) in [5.74, 6) is -0.0997. The molecular formula is C14H26N2O3. The monoisotopic (exact) mass is 270 g/mol. The lowest BCUT2D eigenvalue weighted by Gasteiger charge is -2.50. The molecule has 2 unspecified atom stereocenters. The number of piperazine rings is 1. The van der Waals surface area contributed by atoms with Crippen molar-refractivity contribution in [3.63, 3.8) is 0 Å². The number of ether oxygens (including phenoxy) is 2. The summed E-state index contributed by atoms with van der Waals surface area (Å²) < 4.78 is 11.0. The Morgan fingerprint density at radius 3 is 2.68 bits per heavy atom. The van der Waals surface area contributed by atoms with Crippen molar-refractivity contribution >= 4 is 5.97 Å². The minimum absolute atomic E-state index is 0.0997. The third-order valence-corrected chi connectivity index (χ3v) is 4.67. The molecule has 0 aromatic heterocycles. The first-order valence-electron chi connectivity index (χ1n) is 7.24. The van der Waals surface area contributed by atoms with Gasteiger partial charge in [-0.3, -0.25) is 9.69 Å². The number of rotatable bonds is 3. The Morgan fingerprint density at radius 1 is 1.42 bits per heavy atom. The van der Waals surface area contributed by atoms with Crippen LogP contribution in [0.2, 0.25) is 0 Å². The fourth-order valence-electron chi connectivity index (χ4n) is 3.31. The summed E-state index contributed by atoms with van der Waals surface area (Å²) >= 11 is 0. The normalized spacial score (nSPS) is 37.0. The van der Waals surface area contributed by atoms with Gasteiger partial charge in [-0.25, -0.2) is 0 Å². The lowest BCUT2D eigenvalue weighted by atomic mass is 9.77. The molecule has 2 aliphatic rings. The first kappa shape index (κ1) is 14.8. The molecule has 0 bridgehead atoms. The molecule has 0 saturated carbocycles. The van der Waals surface area contributed by atoms with Crippen LogP contribution in [0.25, 0.3) is 0 Å². The predicted octanol–water partition coefficient (Wildman–Crippen LogP) is 0.783. The van der Waals surface area contributed by atoms with E-state index in [-0.39, 0.29) is 11.6 Å². The van der Waals surface area contributed by atoms with E-state index in [1.807, 2.05) is 0 Å². The SMILES string of the molecule is CCC1(C)CC(C(=O)OC)(N2CCNCC2)CCO1. The van der Waals surface area contributed by atoms with Crippen LogP contribution in [0.15, 0.2) is 0 Å². The van der Waals surface area contributed by atoms with E-state index in [4.69, 9.17) is 9.47 Å². The highest BCUT2D eigenvalue weighted by atomic mass is 16.5. The van der Waals surface area contributed by atoms with Gasteiger partial charge in [-0.2, -0.15) is 0 Å². The molecule has 0 radical (unpaired) electrons. The maximum Gasteiger partial charge on any atom is 0.326 e. The van der Waals surface area contributed by atoms with Gasteiger partial charge in [0, 0.05) is 39.2 Å². The summed E-state index contributed by atoms with van der Waals surface area (Å²) in [6.45, 7) is 8.51. The van der Waals surface area contributed by atoms with E-state index < -0.39 is 5.54 Å². The van der Waals surface area contributed by atoms with Gasteiger partial charge < -0.3 is 14.8 Å². The maximum atomic E-state index is 12.5. The maximum absolute atomic E-state index is 12.5. The summed E-state index contributed by atoms with van der Waals surface area (Å²) in [6, 6.07) is 0. The first-order valence-corrected chi connectivity index (χ1v) is 7.24. The second-order valence-corrected chi connectivity index (χ2v) is 5.84. The molecule has 0 aromatic rings. The van der Waals surface area contributed by atoms with E-state index in [1.165, 1.54) is 7.11 Å². The van der Waals surface area contributed by atoms with E-state index in [1.54, 1.807) is 0 Å². The molecule has 0 aliphatic carbocycles. The van der Waals surface area contributed by atoms with Gasteiger partial charge in [-0.05, 0) is 19.8 Å². The van der Waals surface area contributed by atoms with Gasteiger partial charge in [0.15, 0.2) is 0 Å². The summed E-state index contributed by atoms with van der Waals surface area (Å²) in [5, 5.41) is 3.34. The Bertz CT molecular complexity index is 331. The van der Waals surface area contributed by atoms with Crippen molar-refractivity contribution in [1.29, 1.82) is 0 Å². The standard InChI is InChI=1S/C14H26N2O3/c1-4-13(2)11-14(5-10-19-13,12(17)18-3)16-8-6-15-7-9-16/h15H,4-11H2,1-3H3. The molecule has 0 spiro atoms. The average molecular weight is 270 g/mol. The largest absolute Gasteiger partial charge is 0.468 e. The highest BCUT2D eigenvalue weighted by Crippen LogP contribution is 2.39. The van der Waals surface area contributed by atoms with Gasteiger partial charge in [0.2, 0.25) is 0 Å². The molecule has 2 rings (SSSR count). The zero-order valence-corrected chi connectivity index (χ0v) is 12.3. The van der Waals surface area contributed by atoms with Crippen LogP contribution in [-0.4, -0.2) is 61.9 Å². The minimum atomic E-state index is -0.500. The third-order valence-electron chi connectivity index (χ3n) is 4.67. The molecule has 0 aromatic carbocycles. The van der Waals surface area contributed by atoms with Gasteiger partial charge >= 0.3 is 5.97 Å². The quantitative estimate of drug-likeness (QED) is 0.768. The fraction of sp³-hybridized carbons (Fsp3) is 0.929. The molecule has 0 amide bonds. The second kappa shape index (κ2) is 5.77. The van der Waals surface area contributed by atoms with Crippen molar-refractivity contribution < 1.29 is 14.3 Å². The summed E-state index contributed by atoms with van der Waals surface area (Å²) in [7, 11) is 1.49. The molecule has 1 N–H and O–H groups in total. The van der Waals surface area contributed by atoms with Gasteiger partial charge in [-0.1, -0.05) is 6.92 Å². The molecule has 2 aliphatic heterocycles. The average Bonchev–Trinajstić information content (AvgIpc) is 2.47. The van der Waals surface area contributed by atoms with E-state index in [9.17, 15) is 4.79 Å². The van der Waals surface area contributed by atoms with Crippen LogP contribution < -0.4 is 5.32 Å². The van der Waals surface area contributed by atoms with Crippen molar-refractivity contribution in [3.05, 3.63) is 0 Å². The number of nitrogens with one attached hydrogen (secondary N) is 1. The van der Waals surface area contributed by atoms with Crippen molar-refractivity contribution in [1.82, 2.24) is 10.2 Å². The van der Waals surface area contributed by atoms with Crippen molar-refractivity contribution in [2.45, 2.75) is 44.2 Å². The molecular weight excluding hydrogens is 244 g/mol. The second-order valence-electron chi connectivity index (χ2n) is 5.84. The van der Waals surface area contributed by atoms with E-state index in [0.717, 1.165) is 45.4 Å². The number of methoxy groups -OCH3 is 1. The van der Waals surface area contributed by atoms with Crippen LogP contribution in [0.3, 0.4) is 0 Å². The van der Waals surface area contributed by atoms with Crippen LogP contribution >= 0.6 is 0 Å². The minimum Gasteiger partial charge on any atom is -0.468 e. The number of hydrogen-bond donors (Lipinski definition) is 1. The molecule has 19 heavy (non-hydrogen) atoms. The van der Waals surface area contributed by atoms with Gasteiger partial charge in [0.1, 0.15) is 5.54 Å². The first-order chi connectivity index (χ1) is 9.06. The zero-order valence-electron chi connectivity index (χ0n) is 12.3. The topological polar surface area (TPSA) is 50.8 Å². The van der Waals surface area contributed by atoms with Crippen LogP contribution in [0.5, 0.6) is 0 Å². The number of carbonyl (C=O) groups is 1. The summed E-state index contributed by atoms with van der Waals surface area (Å²) in [5.41, 5.74) is -0.725. The van der Waals surface area contributed by atoms with Crippen LogP contribution in [-0.2, 0) is 14.3 Å². The van der Waals surface area contributed by atoms with Crippen molar-refractivity contribution in [2.24, 2.45) is 0 Å². The summed E-state index contributed by atoms with van der Waals surface area (Å²) in [6.07, 6.45) is 2.37. The van der Waals surface area contributed by atoms with Crippen LogP contribution in [0, 0.1) is 0 Å². The van der Waals surface area contributed by atoms with Gasteiger partial charge in [-0.15, -0.1) is 0 Å². The van der Waals surface area contributed by atoms with Crippen LogP contribution in [0.1, 0.15) is 33.1 Å². The van der Waals surface area contributed by atoms with Crippen molar-refractivity contribution in [2.75, 3.05) is 39.9 Å². The molecule has 5 nitrogen and oxygen atoms in total. The van der Waals surface area contributed by atoms with E-state index in [2.05, 4.69) is 24.1 Å². The lowest BCUT2D eigenvalue weighted by Crippen LogP contribution is -2.65. The molecule has 2 heterocycles. The Kier molecular flexibility index (Phi) is 4.48. The number of nitrogens with zero attached hydrogens (tertiary/aromatic N) is 1. The summed E-state index contributed by atoms with van der Waals surface area (Å²) in [4.78, 5) is 14.7. The van der Waals surface area contributed by atoms with Crippen LogP contribution in [0.4, 0.5) is 0 Å². The van der Waals surface area contributed by atoms with E-state index in [0.29, 0.717) is 6.61 Å². The predicted molar refractivity (Wildman–Crippen MR) is 73.1 cm³/mol. The Balaban J connectivity index is 2.26. The smallest absolute Gasteiger partial charge is 0.326 e. The Morgan fingerprint density at radius 2 is 2.11 bits per heavy atom. The van der Waals surface area contributed by atoms with E-state index >= 15 is 0 Å². The lowest BCUT2D eigenvalue weighted by molar-refractivity contribution is -0.179. The van der Waals surface area contributed by atoms with Gasteiger partial charge in [0.05, 0.1) is 12.7 Å². The highest BCUT2D eigenvalue weighted by molar-refractivity contribution is 5.81. The number of esters is 1. The zero-order chi connectivity index (χ0) is 13.9. The molecule has 2 fully saturated rings. The molecule has 2 atom stereocenters. The third kappa shape index (κ3) is 2.78. The van der Waals surface area contributed by atoms with Crippen molar-refractivity contribution in [3.8, 4) is 0 Å². The number of carbonyl (C=O) groups excluding carboxylic acids is 1. The number of hydrogen-bond acceptors (Lipinski definition) is 5. The molecule has 110 valence electrons. The molecule has 5 heteroatoms. The Labute approximate surface area is 115 Å². The van der Waals surface area contributed by atoms with Gasteiger partial charge in [0.25, 0.3) is 0 Å². The Hall–Kier alpha value is -0.650. The highest BCUT2D eigenvalue weighted by Gasteiger charge is 2.52. The fourth-order valence-corrected chi connectivity index (χ4v) is 3.31.